The molecule has 0 saturated carbocycles. The van der Waals surface area contributed by atoms with Crippen LogP contribution in [0.3, 0.4) is 0 Å². The summed E-state index contributed by atoms with van der Waals surface area (Å²) in [6.07, 6.45) is -1.24. The fraction of sp³-hybridized carbons (Fsp3) is 0.385. The normalized spacial score (nSPS) is 22.8. The molecule has 27 heavy (non-hydrogen) atoms. The number of nitrogens with two attached hydrogens (primary N) is 1. The Balaban J connectivity index is 0.00000364. The maximum atomic E-state index is 12.4. The van der Waals surface area contributed by atoms with Crippen LogP contribution >= 0.6 is 8.46 Å². The van der Waals surface area contributed by atoms with E-state index in [1.807, 2.05) is 0 Å². The zero-order chi connectivity index (χ0) is 19.4. The van der Waals surface area contributed by atoms with Crippen LogP contribution in [0.5, 0.6) is 0 Å². The number of amides is 2. The number of nitrogens with one attached hydrogen (secondary N) is 2. The van der Waals surface area contributed by atoms with Crippen molar-refractivity contribution in [3.8, 4) is 0 Å². The van der Waals surface area contributed by atoms with Gasteiger partial charge < -0.3 is 9.29 Å². The molecule has 0 aromatic heterocycles. The van der Waals surface area contributed by atoms with Crippen LogP contribution in [0.1, 0.15) is 12.0 Å². The molecular weight excluding hydrogens is 410 g/mol. The Bertz CT molecular complexity index is 797. The van der Waals surface area contributed by atoms with E-state index in [4.69, 9.17) is 10.6 Å². The number of ether oxygens (including phenoxy) is 1. The quantitative estimate of drug-likeness (QED) is 0.136. The van der Waals surface area contributed by atoms with Gasteiger partial charge in [0.05, 0.1) is 0 Å². The number of carbonyl (C=O) groups excluding carboxylic acids is 2. The molecule has 1 aromatic carbocycles. The van der Waals surface area contributed by atoms with Crippen LogP contribution in [0.15, 0.2) is 30.3 Å². The average Bonchev–Trinajstić information content (AvgIpc) is 2.59. The van der Waals surface area contributed by atoms with Crippen molar-refractivity contribution in [2.75, 3.05) is 6.54 Å². The molecule has 0 radical (unpaired) electrons. The van der Waals surface area contributed by atoms with E-state index in [1.54, 1.807) is 35.1 Å². The second kappa shape index (κ2) is 9.89. The number of benzene rings is 1. The second-order valence-electron chi connectivity index (χ2n) is 5.51. The summed E-state index contributed by atoms with van der Waals surface area (Å²) in [4.78, 5) is 24.5. The van der Waals surface area contributed by atoms with Gasteiger partial charge in [0.2, 0.25) is 0 Å². The van der Waals surface area contributed by atoms with Crippen LogP contribution in [0.25, 0.3) is 0 Å². The van der Waals surface area contributed by atoms with Gasteiger partial charge in [-0.05, 0) is 12.0 Å². The van der Waals surface area contributed by atoms with Gasteiger partial charge in [-0.2, -0.15) is 0 Å². The summed E-state index contributed by atoms with van der Waals surface area (Å²) < 4.78 is 51.5. The van der Waals surface area contributed by atoms with E-state index in [9.17, 15) is 27.1 Å². The van der Waals surface area contributed by atoms with Crippen molar-refractivity contribution in [2.24, 2.45) is 5.84 Å². The fourth-order valence-corrected chi connectivity index (χ4v) is 3.97. The topological polar surface area (TPSA) is 171 Å². The number of rotatable bonds is 6. The Morgan fingerprint density at radius 2 is 2.04 bits per heavy atom. The van der Waals surface area contributed by atoms with Gasteiger partial charge in [0.25, 0.3) is 0 Å². The van der Waals surface area contributed by atoms with Crippen LogP contribution in [-0.4, -0.2) is 47.8 Å². The van der Waals surface area contributed by atoms with Crippen LogP contribution in [0, 0.1) is 0 Å². The summed E-state index contributed by atoms with van der Waals surface area (Å²) in [5.74, 6) is 4.49. The number of hydrazine groups is 1. The Labute approximate surface area is 179 Å². The van der Waals surface area contributed by atoms with Gasteiger partial charge >= 0.3 is 55.3 Å². The number of alkyl carbamates (subject to hydrolysis) is 1. The smallest absolute Gasteiger partial charge is 0.735 e. The van der Waals surface area contributed by atoms with Gasteiger partial charge in [-0.15, -0.1) is 0 Å². The first-order chi connectivity index (χ1) is 12.2. The Morgan fingerprint density at radius 1 is 1.41 bits per heavy atom. The Hall–Kier alpha value is -1.11. The summed E-state index contributed by atoms with van der Waals surface area (Å²) in [6.45, 7) is -0.234. The number of nitrogens with zero attached hydrogens (tertiary/aromatic N) is 1. The first kappa shape index (κ1) is 23.9. The Morgan fingerprint density at radius 3 is 2.59 bits per heavy atom. The van der Waals surface area contributed by atoms with Gasteiger partial charge in [-0.3, -0.25) is 15.1 Å². The minimum atomic E-state index is -4.97. The zero-order valence-electron chi connectivity index (χ0n) is 14.4. The Kier molecular flexibility index (Phi) is 8.77. The molecule has 142 valence electrons. The van der Waals surface area contributed by atoms with Crippen molar-refractivity contribution >= 4 is 30.8 Å². The fourth-order valence-electron chi connectivity index (χ4n) is 2.48. The second-order valence-corrected chi connectivity index (χ2v) is 7.65. The van der Waals surface area contributed by atoms with Crippen LogP contribution in [0.2, 0.25) is 0 Å². The third kappa shape index (κ3) is 6.19. The minimum Gasteiger partial charge on any atom is -0.735 e. The first-order valence-corrected chi connectivity index (χ1v) is 9.67. The predicted molar refractivity (Wildman–Crippen MR) is 88.6 cm³/mol. The molecule has 2 amide bonds. The number of hydrogen-bond donors (Lipinski definition) is 3. The van der Waals surface area contributed by atoms with Crippen molar-refractivity contribution in [3.63, 3.8) is 0 Å². The van der Waals surface area contributed by atoms with Crippen molar-refractivity contribution in [2.45, 2.75) is 24.3 Å². The molecule has 1 saturated heterocycles. The van der Waals surface area contributed by atoms with Crippen molar-refractivity contribution in [1.29, 1.82) is 0 Å². The van der Waals surface area contributed by atoms with Gasteiger partial charge in [0.15, 0.2) is 10.3 Å². The van der Waals surface area contributed by atoms with E-state index in [0.29, 0.717) is 10.6 Å². The molecule has 1 unspecified atom stereocenters. The first-order valence-electron chi connectivity index (χ1n) is 7.36. The molecule has 14 heteroatoms. The van der Waals surface area contributed by atoms with Gasteiger partial charge in [0, 0.05) is 6.54 Å². The number of piperidine rings is 1. The molecule has 0 aliphatic carbocycles. The van der Waals surface area contributed by atoms with Crippen molar-refractivity contribution in [1.82, 2.24) is 15.0 Å². The van der Waals surface area contributed by atoms with E-state index in [0.717, 1.165) is 0 Å². The maximum absolute atomic E-state index is 12.4. The van der Waals surface area contributed by atoms with E-state index in [2.05, 4.69) is 5.32 Å². The van der Waals surface area contributed by atoms with Crippen molar-refractivity contribution in [3.05, 3.63) is 35.9 Å². The monoisotopic (exact) mass is 427 g/mol. The average molecular weight is 427 g/mol. The summed E-state index contributed by atoms with van der Waals surface area (Å²) in [7, 11) is -6.50. The van der Waals surface area contributed by atoms with E-state index < -0.39 is 42.1 Å². The molecule has 0 bridgehead atoms. The summed E-state index contributed by atoms with van der Waals surface area (Å²) in [6, 6.07) is 7.19. The molecule has 11 nitrogen and oxygen atoms in total. The van der Waals surface area contributed by atoms with Crippen LogP contribution in [0.4, 0.5) is 4.79 Å². The van der Waals surface area contributed by atoms with Gasteiger partial charge in [-0.1, -0.05) is 34.9 Å². The number of carbonyl (C=O) groups is 2. The van der Waals surface area contributed by atoms with Crippen molar-refractivity contribution < 1.29 is 61.4 Å². The molecule has 3 atom stereocenters. The molecule has 0 spiro atoms. The predicted octanol–water partition coefficient (Wildman–Crippen LogP) is -3.84. The third-order valence-electron chi connectivity index (χ3n) is 3.74. The maximum Gasteiger partial charge on any atom is 1.00 e. The summed E-state index contributed by atoms with van der Waals surface area (Å²) in [5.41, 5.74) is 0.661. The SMILES string of the molecule is NN1CC[C@H](NS(=O)(=O)[O-])[C@@](NC(=O)OCc2ccccc2)([PH+]=O)C1=O.[Na+]. The third-order valence-corrected chi connectivity index (χ3v) is 5.32. The molecular formula is C13H17N4NaO7PS+. The number of hydrogen-bond acceptors (Lipinski definition) is 8. The molecule has 2 rings (SSSR count). The van der Waals surface area contributed by atoms with Crippen LogP contribution < -0.4 is 45.4 Å². The van der Waals surface area contributed by atoms with E-state index in [1.165, 1.54) is 0 Å². The van der Waals surface area contributed by atoms with Gasteiger partial charge in [-0.25, -0.2) is 23.8 Å². The molecule has 1 heterocycles. The zero-order valence-corrected chi connectivity index (χ0v) is 18.2. The summed E-state index contributed by atoms with van der Waals surface area (Å²) in [5, 5.41) is 0.561. The molecule has 4 N–H and O–H groups in total. The van der Waals surface area contributed by atoms with E-state index in [-0.39, 0.29) is 49.1 Å². The molecule has 1 aromatic rings. The largest absolute Gasteiger partial charge is 1.00 e. The molecule has 1 aliphatic rings. The van der Waals surface area contributed by atoms with Gasteiger partial charge in [0.1, 0.15) is 12.6 Å². The van der Waals surface area contributed by atoms with Crippen LogP contribution in [-0.2, 0) is 31.0 Å². The standard InChI is InChI=1S/C13H17N4O7PS.Na/c14-17-7-6-10(16-26(21,22)23)13(25-20,11(17)18)15-12(19)24-8-9-4-2-1-3-5-9;/h1-5,10,16H,6-8,14H2,(H,15,19)(H,21,22,23);/q;+1/t10-,13+;/m0./s1. The summed E-state index contributed by atoms with van der Waals surface area (Å²) >= 11 is 0. The van der Waals surface area contributed by atoms with E-state index >= 15 is 0 Å². The molecule has 1 aliphatic heterocycles. The molecule has 1 fully saturated rings. The minimum absolute atomic E-state index is 0.